The Morgan fingerprint density at radius 2 is 1.81 bits per heavy atom. The van der Waals surface area contributed by atoms with Crippen molar-refractivity contribution in [3.05, 3.63) is 0 Å². The van der Waals surface area contributed by atoms with Crippen molar-refractivity contribution in [1.82, 2.24) is 0 Å². The molecule has 0 saturated heterocycles. The number of ether oxygens (including phenoxy) is 1. The Hall–Kier alpha value is -0.620. The summed E-state index contributed by atoms with van der Waals surface area (Å²) in [6, 6.07) is 0. The number of nitrogens with zero attached hydrogens (tertiary/aromatic N) is 1. The van der Waals surface area contributed by atoms with E-state index in [9.17, 15) is 26.3 Å². The van der Waals surface area contributed by atoms with E-state index in [1.807, 2.05) is 0 Å². The minimum atomic E-state index is -5.79. The summed E-state index contributed by atoms with van der Waals surface area (Å²) in [5, 5.41) is 9.66. The third kappa shape index (κ3) is 4.09. The molecule has 16 heavy (non-hydrogen) atoms. The maximum Gasteiger partial charge on any atom is 0.454 e. The molecule has 0 aliphatic rings. The lowest BCUT2D eigenvalue weighted by atomic mass is 10.3. The molecule has 0 rings (SSSR count). The molecule has 0 radical (unpaired) electrons. The first-order chi connectivity index (χ1) is 7.25. The highest BCUT2D eigenvalue weighted by Gasteiger charge is 2.64. The van der Waals surface area contributed by atoms with Crippen molar-refractivity contribution < 1.29 is 31.1 Å². The molecule has 0 aliphatic carbocycles. The number of halogens is 6. The predicted octanol–water partition coefficient (Wildman–Crippen LogP) is 3.10. The summed E-state index contributed by atoms with van der Waals surface area (Å²) in [7, 11) is 0. The smallest absolute Gasteiger partial charge is 0.334 e. The maximum atomic E-state index is 12.8. The molecule has 0 fully saturated rings. The van der Waals surface area contributed by atoms with Crippen LogP contribution in [-0.2, 0) is 4.74 Å². The molecule has 1 unspecified atom stereocenters. The second-order valence-corrected chi connectivity index (χ2v) is 3.46. The van der Waals surface area contributed by atoms with Crippen LogP contribution in [0.2, 0.25) is 0 Å². The summed E-state index contributed by atoms with van der Waals surface area (Å²) in [6.45, 7) is -0.838. The van der Waals surface area contributed by atoms with Crippen LogP contribution >= 0.6 is 11.8 Å². The van der Waals surface area contributed by atoms with Crippen molar-refractivity contribution in [2.24, 2.45) is 0 Å². The van der Waals surface area contributed by atoms with Crippen molar-refractivity contribution in [3.8, 4) is 5.40 Å². The molecule has 0 saturated carbocycles. The largest absolute Gasteiger partial charge is 0.454 e. The second-order valence-electron chi connectivity index (χ2n) is 2.59. The van der Waals surface area contributed by atoms with E-state index in [0.717, 1.165) is 0 Å². The van der Waals surface area contributed by atoms with Crippen LogP contribution in [0.4, 0.5) is 26.3 Å². The third-order valence-electron chi connectivity index (χ3n) is 1.43. The minimum Gasteiger partial charge on any atom is -0.334 e. The molecule has 0 N–H and O–H groups in total. The van der Waals surface area contributed by atoms with E-state index in [-0.39, 0.29) is 12.2 Å². The topological polar surface area (TPSA) is 33.0 Å². The highest BCUT2D eigenvalue weighted by atomic mass is 32.2. The van der Waals surface area contributed by atoms with E-state index < -0.39 is 25.1 Å². The van der Waals surface area contributed by atoms with Gasteiger partial charge in [-0.3, -0.25) is 0 Å². The quantitative estimate of drug-likeness (QED) is 0.421. The Morgan fingerprint density at radius 1 is 1.25 bits per heavy atom. The number of nitriles is 1. The molecule has 0 aliphatic heterocycles. The van der Waals surface area contributed by atoms with Crippen LogP contribution in [0, 0.1) is 10.7 Å². The molecule has 0 aromatic carbocycles. The van der Waals surface area contributed by atoms with E-state index >= 15 is 0 Å². The van der Waals surface area contributed by atoms with Crippen LogP contribution in [0.15, 0.2) is 0 Å². The first-order valence-electron chi connectivity index (χ1n) is 3.94. The normalized spacial score (nSPS) is 15.9. The van der Waals surface area contributed by atoms with Crippen molar-refractivity contribution in [2.75, 3.05) is 12.4 Å². The molecule has 9 heteroatoms. The van der Waals surface area contributed by atoms with Gasteiger partial charge in [0.2, 0.25) is 0 Å². The Labute approximate surface area is 91.6 Å². The molecule has 94 valence electrons. The zero-order chi connectivity index (χ0) is 12.8. The van der Waals surface area contributed by atoms with E-state index in [4.69, 9.17) is 5.26 Å². The van der Waals surface area contributed by atoms with E-state index in [1.165, 1.54) is 0 Å². The fraction of sp³-hybridized carbons (Fsp3) is 0.857. The molecule has 2 nitrogen and oxygen atoms in total. The van der Waals surface area contributed by atoms with E-state index in [1.54, 1.807) is 5.40 Å². The lowest BCUT2D eigenvalue weighted by Crippen LogP contribution is -2.49. The molecule has 1 atom stereocenters. The average molecular weight is 267 g/mol. The lowest BCUT2D eigenvalue weighted by molar-refractivity contribution is -0.369. The molecular formula is C7H7F6NOS. The van der Waals surface area contributed by atoms with Gasteiger partial charge in [-0.05, 0) is 18.2 Å². The summed E-state index contributed by atoms with van der Waals surface area (Å²) < 4.78 is 75.7. The number of thioether (sulfide) groups is 1. The van der Waals surface area contributed by atoms with Crippen LogP contribution in [0.5, 0.6) is 0 Å². The van der Waals surface area contributed by atoms with E-state index in [2.05, 4.69) is 4.74 Å². The van der Waals surface area contributed by atoms with Gasteiger partial charge in [-0.25, -0.2) is 8.78 Å². The van der Waals surface area contributed by atoms with Crippen LogP contribution in [0.25, 0.3) is 0 Å². The number of hydrogen-bond acceptors (Lipinski definition) is 3. The SMILES string of the molecule is N#CSCCCOC(F)(C(F)F)C(F)(F)F. The minimum absolute atomic E-state index is 0.0771. The number of hydrogen-bond donors (Lipinski definition) is 0. The standard InChI is InChI=1S/C7H7F6NOS/c8-5(9)6(10,7(11,12)13)15-2-1-3-16-4-14/h5H,1-3H2. The van der Waals surface area contributed by atoms with Crippen molar-refractivity contribution in [3.63, 3.8) is 0 Å². The third-order valence-corrected chi connectivity index (χ3v) is 2.06. The van der Waals surface area contributed by atoms with Gasteiger partial charge in [-0.15, -0.1) is 0 Å². The molecule has 0 aromatic heterocycles. The van der Waals surface area contributed by atoms with Crippen LogP contribution in [-0.4, -0.2) is 30.8 Å². The molecule has 0 spiro atoms. The molecule has 0 heterocycles. The number of thiocyanates is 1. The Kier molecular flexibility index (Phi) is 5.96. The Balaban J connectivity index is 4.22. The van der Waals surface area contributed by atoms with Crippen molar-refractivity contribution in [2.45, 2.75) is 24.9 Å². The summed E-state index contributed by atoms with van der Waals surface area (Å²) in [5.74, 6) is -4.86. The summed E-state index contributed by atoms with van der Waals surface area (Å²) in [5.41, 5.74) is 0. The maximum absolute atomic E-state index is 12.8. The summed E-state index contributed by atoms with van der Waals surface area (Å²) in [4.78, 5) is 0. The summed E-state index contributed by atoms with van der Waals surface area (Å²) >= 11 is 0.709. The fourth-order valence-corrected chi connectivity index (χ4v) is 1.02. The predicted molar refractivity (Wildman–Crippen MR) is 44.5 cm³/mol. The van der Waals surface area contributed by atoms with Gasteiger partial charge >= 0.3 is 18.5 Å². The van der Waals surface area contributed by atoms with Gasteiger partial charge in [0.25, 0.3) is 0 Å². The Bertz CT molecular complexity index is 252. The van der Waals surface area contributed by atoms with Crippen LogP contribution in [0.1, 0.15) is 6.42 Å². The van der Waals surface area contributed by atoms with Gasteiger partial charge in [0.05, 0.1) is 6.61 Å². The molecule has 0 aromatic rings. The molecule has 0 bridgehead atoms. The van der Waals surface area contributed by atoms with Crippen molar-refractivity contribution in [1.29, 1.82) is 5.26 Å². The van der Waals surface area contributed by atoms with Gasteiger partial charge < -0.3 is 4.74 Å². The van der Waals surface area contributed by atoms with Crippen LogP contribution in [0.3, 0.4) is 0 Å². The van der Waals surface area contributed by atoms with Crippen molar-refractivity contribution >= 4 is 11.8 Å². The average Bonchev–Trinajstić information content (AvgIpc) is 2.15. The Morgan fingerprint density at radius 3 is 2.19 bits per heavy atom. The van der Waals surface area contributed by atoms with Crippen LogP contribution < -0.4 is 0 Å². The zero-order valence-corrected chi connectivity index (χ0v) is 8.55. The fourth-order valence-electron chi connectivity index (χ4n) is 0.666. The first-order valence-corrected chi connectivity index (χ1v) is 4.93. The van der Waals surface area contributed by atoms with Gasteiger partial charge in [-0.1, -0.05) is 0 Å². The van der Waals surface area contributed by atoms with Gasteiger partial charge in [0, 0.05) is 5.75 Å². The zero-order valence-electron chi connectivity index (χ0n) is 7.73. The monoisotopic (exact) mass is 267 g/mol. The summed E-state index contributed by atoms with van der Waals surface area (Å²) in [6.07, 6.45) is -10.2. The number of alkyl halides is 6. The first kappa shape index (κ1) is 15.4. The van der Waals surface area contributed by atoms with Gasteiger partial charge in [0.15, 0.2) is 0 Å². The molecular weight excluding hydrogens is 260 g/mol. The highest BCUT2D eigenvalue weighted by Crippen LogP contribution is 2.39. The second kappa shape index (κ2) is 6.20. The highest BCUT2D eigenvalue weighted by molar-refractivity contribution is 8.03. The molecule has 0 amide bonds. The van der Waals surface area contributed by atoms with Gasteiger partial charge in [0.1, 0.15) is 5.40 Å². The lowest BCUT2D eigenvalue weighted by Gasteiger charge is -2.26. The van der Waals surface area contributed by atoms with Gasteiger partial charge in [-0.2, -0.15) is 22.8 Å². The number of rotatable bonds is 6. The van der Waals surface area contributed by atoms with E-state index in [0.29, 0.717) is 11.8 Å².